The van der Waals surface area contributed by atoms with Gasteiger partial charge in [0, 0.05) is 35.2 Å². The molecule has 0 aliphatic rings. The summed E-state index contributed by atoms with van der Waals surface area (Å²) >= 11 is 0. The van der Waals surface area contributed by atoms with E-state index in [9.17, 15) is 0 Å². The fraction of sp³-hybridized carbons (Fsp3) is 0.714. The number of hydrogen-bond acceptors (Lipinski definition) is 0. The van der Waals surface area contributed by atoms with Crippen molar-refractivity contribution >= 4 is 63.2 Å². The first-order chi connectivity index (χ1) is 12.4. The lowest BCUT2D eigenvalue weighted by atomic mass is 10.4. The van der Waals surface area contributed by atoms with Crippen LogP contribution in [-0.4, -0.2) is 52.8 Å². The van der Waals surface area contributed by atoms with Crippen molar-refractivity contribution in [3.8, 4) is 0 Å². The van der Waals surface area contributed by atoms with Crippen molar-refractivity contribution < 1.29 is 0 Å². The van der Waals surface area contributed by atoms with E-state index < -0.39 is 17.6 Å². The quantitative estimate of drug-likeness (QED) is 0.511. The van der Waals surface area contributed by atoms with Crippen LogP contribution < -0.4 is 10.4 Å². The van der Waals surface area contributed by atoms with Crippen LogP contribution in [0.1, 0.15) is 0 Å². The van der Waals surface area contributed by atoms with E-state index >= 15 is 0 Å². The van der Waals surface area contributed by atoms with E-state index in [0.29, 0.717) is 0 Å². The van der Waals surface area contributed by atoms with Gasteiger partial charge in [-0.1, -0.05) is 131 Å². The number of rotatable bonds is 7. The molecule has 0 aromatic heterocycles. The molecule has 160 valence electrons. The average molecular weight is 473 g/mol. The third-order valence-corrected chi connectivity index (χ3v) is 19.2. The molecule has 0 heterocycles. The minimum absolute atomic E-state index is 0.167. The van der Waals surface area contributed by atoms with E-state index in [-0.39, 0.29) is 35.2 Å². The molecule has 0 unspecified atom stereocenters. The summed E-state index contributed by atoms with van der Waals surface area (Å²) in [5, 5.41) is 3.18. The lowest BCUT2D eigenvalue weighted by Gasteiger charge is -2.07. The molecule has 1 aromatic rings. The average Bonchev–Trinajstić information content (AvgIpc) is 2.52. The van der Waals surface area contributed by atoms with Gasteiger partial charge in [0.05, 0.1) is 17.6 Å². The minimum Gasteiger partial charge on any atom is -0.0724 e. The number of hydrogen-bond donors (Lipinski definition) is 0. The molecular weight excluding hydrogens is 421 g/mol. The van der Waals surface area contributed by atoms with Crippen molar-refractivity contribution in [2.75, 3.05) is 0 Å². The Labute approximate surface area is 183 Å². The van der Waals surface area contributed by atoms with Crippen molar-refractivity contribution in [1.82, 2.24) is 0 Å². The van der Waals surface area contributed by atoms with Crippen molar-refractivity contribution in [1.29, 1.82) is 0 Å². The number of benzene rings is 1. The smallest absolute Gasteiger partial charge is 0.0647 e. The maximum atomic E-state index is 2.44. The zero-order chi connectivity index (χ0) is 21.6. The maximum absolute atomic E-state index is 2.44. The van der Waals surface area contributed by atoms with Crippen LogP contribution in [0.3, 0.4) is 0 Å². The fourth-order valence-corrected chi connectivity index (χ4v) is 17.7. The zero-order valence-corrected chi connectivity index (χ0v) is 27.8. The highest BCUT2D eigenvalue weighted by molar-refractivity contribution is 6.75. The Hall–Kier alpha value is 0.521. The predicted molar refractivity (Wildman–Crippen MR) is 153 cm³/mol. The molecule has 0 saturated carbocycles. The second-order valence-electron chi connectivity index (χ2n) is 10.4. The summed E-state index contributed by atoms with van der Waals surface area (Å²) in [5.41, 5.74) is 1.64. The molecular formula is C21H52Si6. The lowest BCUT2D eigenvalue weighted by molar-refractivity contribution is 1.35. The largest absolute Gasteiger partial charge is 0.0724 e. The topological polar surface area (TPSA) is 0 Å². The van der Waals surface area contributed by atoms with Crippen molar-refractivity contribution in [2.45, 2.75) is 96.3 Å². The summed E-state index contributed by atoms with van der Waals surface area (Å²) in [5.74, 6) is 0. The summed E-state index contributed by atoms with van der Waals surface area (Å²) in [6.07, 6.45) is 0. The summed E-state index contributed by atoms with van der Waals surface area (Å²) in [4.78, 5) is 0. The van der Waals surface area contributed by atoms with Crippen LogP contribution in [0.15, 0.2) is 24.3 Å². The molecule has 0 amide bonds. The van der Waals surface area contributed by atoms with E-state index in [1.165, 1.54) is 0 Å². The molecule has 0 aliphatic heterocycles. The van der Waals surface area contributed by atoms with Crippen LogP contribution >= 0.6 is 0 Å². The van der Waals surface area contributed by atoms with Gasteiger partial charge < -0.3 is 0 Å². The van der Waals surface area contributed by atoms with Crippen molar-refractivity contribution in [2.24, 2.45) is 0 Å². The molecule has 0 radical (unpaired) electrons. The molecule has 27 heavy (non-hydrogen) atoms. The van der Waals surface area contributed by atoms with Crippen molar-refractivity contribution in [3.05, 3.63) is 24.3 Å². The van der Waals surface area contributed by atoms with Gasteiger partial charge in [-0.3, -0.25) is 0 Å². The zero-order valence-electron chi connectivity index (χ0n) is 20.9. The van der Waals surface area contributed by atoms with E-state index in [0.717, 1.165) is 0 Å². The van der Waals surface area contributed by atoms with Gasteiger partial charge in [-0.05, 0) is 0 Å². The van der Waals surface area contributed by atoms with Gasteiger partial charge in [-0.15, -0.1) is 0 Å². The van der Waals surface area contributed by atoms with Crippen molar-refractivity contribution in [3.63, 3.8) is 0 Å². The Kier molecular flexibility index (Phi) is 19.1. The molecule has 0 spiro atoms. The first kappa shape index (κ1) is 29.7. The third kappa shape index (κ3) is 21.1. The molecule has 0 atom stereocenters. The molecule has 0 nitrogen and oxygen atoms in total. The van der Waals surface area contributed by atoms with E-state index in [4.69, 9.17) is 0 Å². The third-order valence-electron chi connectivity index (χ3n) is 4.53. The summed E-state index contributed by atoms with van der Waals surface area (Å²) in [6, 6.07) is 12.5. The second kappa shape index (κ2) is 17.4. The summed E-state index contributed by atoms with van der Waals surface area (Å²) < 4.78 is 0. The van der Waals surface area contributed by atoms with Crippen LogP contribution in [0.5, 0.6) is 0 Å². The molecule has 0 bridgehead atoms. The van der Waals surface area contributed by atoms with E-state index in [1.54, 1.807) is 28.1 Å². The first-order valence-electron chi connectivity index (χ1n) is 11.5. The first-order valence-corrected chi connectivity index (χ1v) is 29.7. The monoisotopic (exact) mass is 472 g/mol. The van der Waals surface area contributed by atoms with Gasteiger partial charge in [0.1, 0.15) is 0 Å². The van der Waals surface area contributed by atoms with Gasteiger partial charge in [0.2, 0.25) is 0 Å². The molecule has 0 aliphatic carbocycles. The molecule has 0 saturated heterocycles. The van der Waals surface area contributed by atoms with E-state index in [1.807, 2.05) is 0 Å². The molecule has 1 rings (SSSR count). The standard InChI is InChI=1S/C10H18Si2.C6H18Si2.C5H16Si2/c1-11(2)9-5-7-10(8-6-9)12(3)4;1-7(2)5-6-8(3)4;1-6(2)5-7(3)4/h5-8,11-12H,1-4H3;7-8H,5-6H2,1-4H3;6-7H,5H2,1-4H3. The Morgan fingerprint density at radius 1 is 0.444 bits per heavy atom. The normalized spacial score (nSPS) is 11.2. The SMILES string of the molecule is C[SiH](C)CC[SiH](C)C.C[SiH](C)C[SiH](C)C.C[SiH](C)c1ccc([SiH](C)C)cc1. The highest BCUT2D eigenvalue weighted by atomic mass is 28.3. The molecule has 6 heteroatoms. The summed E-state index contributed by atoms with van der Waals surface area (Å²) in [6.45, 7) is 29.0. The van der Waals surface area contributed by atoms with Gasteiger partial charge in [0.25, 0.3) is 0 Å². The second-order valence-corrected chi connectivity index (χ2v) is 30.5. The highest BCUT2D eigenvalue weighted by Crippen LogP contribution is 2.01. The summed E-state index contributed by atoms with van der Waals surface area (Å²) in [7, 11) is -1.85. The van der Waals surface area contributed by atoms with E-state index in [2.05, 4.69) is 103 Å². The molecule has 1 aromatic carbocycles. The van der Waals surface area contributed by atoms with Crippen LogP contribution in [0, 0.1) is 0 Å². The minimum atomic E-state index is -0.565. The molecule has 0 N–H and O–H groups in total. The Bertz CT molecular complexity index is 397. The Balaban J connectivity index is 0. The van der Waals surface area contributed by atoms with Gasteiger partial charge in [0.15, 0.2) is 0 Å². The van der Waals surface area contributed by atoms with Gasteiger partial charge in [-0.2, -0.15) is 0 Å². The Morgan fingerprint density at radius 3 is 0.815 bits per heavy atom. The fourth-order valence-electron chi connectivity index (χ4n) is 2.88. The van der Waals surface area contributed by atoms with Crippen LogP contribution in [0.25, 0.3) is 0 Å². The predicted octanol–water partition coefficient (Wildman–Crippen LogP) is 4.53. The molecule has 0 fully saturated rings. The van der Waals surface area contributed by atoms with Crippen LogP contribution in [0.2, 0.25) is 96.3 Å². The van der Waals surface area contributed by atoms with Crippen LogP contribution in [-0.2, 0) is 0 Å². The lowest BCUT2D eigenvalue weighted by Crippen LogP contribution is -2.28. The van der Waals surface area contributed by atoms with Gasteiger partial charge >= 0.3 is 0 Å². The Morgan fingerprint density at radius 2 is 0.704 bits per heavy atom. The van der Waals surface area contributed by atoms with Gasteiger partial charge in [-0.25, -0.2) is 0 Å². The van der Waals surface area contributed by atoms with Crippen LogP contribution in [0.4, 0.5) is 0 Å². The maximum Gasteiger partial charge on any atom is 0.0647 e. The highest BCUT2D eigenvalue weighted by Gasteiger charge is 2.02.